The number of ketones is 1. The molecule has 0 saturated heterocycles. The highest BCUT2D eigenvalue weighted by Gasteiger charge is 2.20. The number of halogens is 1. The molecule has 100 valence electrons. The predicted molar refractivity (Wildman–Crippen MR) is 69.3 cm³/mol. The molecule has 0 aromatic heterocycles. The fraction of sp³-hybridized carbons (Fsp3) is 0.500. The molecule has 1 rings (SSSR count). The highest BCUT2D eigenvalue weighted by Crippen LogP contribution is 2.10. The van der Waals surface area contributed by atoms with Crippen molar-refractivity contribution in [3.63, 3.8) is 0 Å². The van der Waals surface area contributed by atoms with E-state index in [0.29, 0.717) is 12.1 Å². The van der Waals surface area contributed by atoms with Crippen LogP contribution in [0.2, 0.25) is 0 Å². The van der Waals surface area contributed by atoms with E-state index in [4.69, 9.17) is 4.74 Å². The second kappa shape index (κ2) is 6.61. The first-order valence-electron chi connectivity index (χ1n) is 5.98. The van der Waals surface area contributed by atoms with Gasteiger partial charge in [-0.25, -0.2) is 4.39 Å². The van der Waals surface area contributed by atoms with Crippen LogP contribution in [0.4, 0.5) is 4.39 Å². The smallest absolute Gasteiger partial charge is 0.179 e. The number of methoxy groups -OCH3 is 1. The summed E-state index contributed by atoms with van der Waals surface area (Å²) in [6.07, 6.45) is 0.0680. The summed E-state index contributed by atoms with van der Waals surface area (Å²) < 4.78 is 18.0. The molecule has 0 aliphatic heterocycles. The van der Waals surface area contributed by atoms with Crippen LogP contribution in [-0.2, 0) is 4.74 Å². The molecule has 0 heterocycles. The van der Waals surface area contributed by atoms with Crippen LogP contribution in [0.25, 0.3) is 0 Å². The molecule has 0 aliphatic carbocycles. The lowest BCUT2D eigenvalue weighted by Crippen LogP contribution is -2.40. The van der Waals surface area contributed by atoms with Crippen molar-refractivity contribution in [3.8, 4) is 0 Å². The van der Waals surface area contributed by atoms with Gasteiger partial charge in [0.2, 0.25) is 0 Å². The Labute approximate surface area is 108 Å². The van der Waals surface area contributed by atoms with Crippen LogP contribution < -0.4 is 0 Å². The van der Waals surface area contributed by atoms with Crippen molar-refractivity contribution in [1.29, 1.82) is 0 Å². The van der Waals surface area contributed by atoms with Gasteiger partial charge in [0.25, 0.3) is 0 Å². The van der Waals surface area contributed by atoms with Gasteiger partial charge < -0.3 is 4.74 Å². The van der Waals surface area contributed by atoms with Gasteiger partial charge in [0.05, 0.1) is 12.1 Å². The summed E-state index contributed by atoms with van der Waals surface area (Å²) in [5.74, 6) is -0.346. The van der Waals surface area contributed by atoms with Gasteiger partial charge in [0.15, 0.2) is 5.78 Å². The first-order valence-corrected chi connectivity index (χ1v) is 5.98. The number of ether oxygens (including phenoxy) is 1. The van der Waals surface area contributed by atoms with Gasteiger partial charge in [-0.2, -0.15) is 0 Å². The Bertz CT molecular complexity index is 391. The summed E-state index contributed by atoms with van der Waals surface area (Å²) in [6, 6.07) is 5.38. The minimum Gasteiger partial charge on any atom is -0.380 e. The normalized spacial score (nSPS) is 14.6. The predicted octanol–water partition coefficient (Wildman–Crippen LogP) is 2.36. The molecule has 0 N–H and O–H groups in total. The zero-order chi connectivity index (χ0) is 13.7. The van der Waals surface area contributed by atoms with Crippen molar-refractivity contribution in [3.05, 3.63) is 35.6 Å². The number of carbonyl (C=O) groups excluding carboxylic acids is 1. The average molecular weight is 253 g/mol. The molecule has 1 aromatic rings. The molecule has 2 atom stereocenters. The largest absolute Gasteiger partial charge is 0.380 e. The van der Waals surface area contributed by atoms with Crippen LogP contribution in [0.1, 0.15) is 24.2 Å². The number of hydrogen-bond donors (Lipinski definition) is 0. The van der Waals surface area contributed by atoms with Crippen LogP contribution >= 0.6 is 0 Å². The van der Waals surface area contributed by atoms with E-state index in [2.05, 4.69) is 0 Å². The quantitative estimate of drug-likeness (QED) is 0.729. The van der Waals surface area contributed by atoms with Crippen molar-refractivity contribution in [2.75, 3.05) is 20.7 Å². The highest BCUT2D eigenvalue weighted by molar-refractivity contribution is 5.99. The molecule has 0 spiro atoms. The number of hydrogen-bond acceptors (Lipinski definition) is 3. The van der Waals surface area contributed by atoms with Crippen LogP contribution in [0.3, 0.4) is 0 Å². The fourth-order valence-corrected chi connectivity index (χ4v) is 1.69. The molecule has 1 aromatic carbocycles. The minimum atomic E-state index is -0.333. The highest BCUT2D eigenvalue weighted by atomic mass is 19.1. The molecule has 0 fully saturated rings. The third-order valence-electron chi connectivity index (χ3n) is 3.12. The second-order valence-corrected chi connectivity index (χ2v) is 4.53. The molecule has 0 aliphatic rings. The number of benzene rings is 1. The van der Waals surface area contributed by atoms with Gasteiger partial charge in [0, 0.05) is 19.2 Å². The van der Waals surface area contributed by atoms with Gasteiger partial charge in [-0.05, 0) is 45.2 Å². The van der Waals surface area contributed by atoms with Crippen LogP contribution in [0.5, 0.6) is 0 Å². The number of likely N-dealkylation sites (N-methyl/N-ethyl adjacent to an activating group) is 1. The van der Waals surface area contributed by atoms with Gasteiger partial charge in [0.1, 0.15) is 5.82 Å². The van der Waals surface area contributed by atoms with Gasteiger partial charge in [-0.1, -0.05) is 0 Å². The first-order chi connectivity index (χ1) is 8.45. The molecular weight excluding hydrogens is 233 g/mol. The second-order valence-electron chi connectivity index (χ2n) is 4.53. The van der Waals surface area contributed by atoms with E-state index in [1.165, 1.54) is 24.3 Å². The number of Topliss-reactive ketones (excluding diaryl/α,β-unsaturated/α-hetero) is 1. The molecule has 2 unspecified atom stereocenters. The van der Waals surface area contributed by atoms with Crippen molar-refractivity contribution >= 4 is 5.78 Å². The Morgan fingerprint density at radius 2 is 1.89 bits per heavy atom. The van der Waals surface area contributed by atoms with Crippen molar-refractivity contribution in [2.24, 2.45) is 0 Å². The molecule has 0 saturated carbocycles. The third kappa shape index (κ3) is 3.89. The van der Waals surface area contributed by atoms with E-state index < -0.39 is 0 Å². The Morgan fingerprint density at radius 3 is 2.39 bits per heavy atom. The Morgan fingerprint density at radius 1 is 1.33 bits per heavy atom. The van der Waals surface area contributed by atoms with Gasteiger partial charge >= 0.3 is 0 Å². The number of rotatable bonds is 6. The summed E-state index contributed by atoms with van der Waals surface area (Å²) in [6.45, 7) is 4.46. The van der Waals surface area contributed by atoms with Crippen LogP contribution in [0, 0.1) is 5.82 Å². The monoisotopic (exact) mass is 253 g/mol. The fourth-order valence-electron chi connectivity index (χ4n) is 1.69. The SMILES string of the molecule is COC(C)CN(C)C(C)C(=O)c1ccc(F)cc1. The first kappa shape index (κ1) is 14.8. The molecule has 0 amide bonds. The third-order valence-corrected chi connectivity index (χ3v) is 3.12. The maximum Gasteiger partial charge on any atom is 0.179 e. The number of nitrogens with zero attached hydrogens (tertiary/aromatic N) is 1. The standard InChI is InChI=1S/C14H20FNO2/c1-10(18-4)9-16(3)11(2)14(17)12-5-7-13(15)8-6-12/h5-8,10-11H,9H2,1-4H3. The summed E-state index contributed by atoms with van der Waals surface area (Å²) in [7, 11) is 3.52. The van der Waals surface area contributed by atoms with E-state index in [9.17, 15) is 9.18 Å². The maximum atomic E-state index is 12.8. The molecule has 18 heavy (non-hydrogen) atoms. The molecular formula is C14H20FNO2. The van der Waals surface area contributed by atoms with Crippen molar-refractivity contribution in [2.45, 2.75) is 26.0 Å². The lowest BCUT2D eigenvalue weighted by Gasteiger charge is -2.26. The Balaban J connectivity index is 2.68. The van der Waals surface area contributed by atoms with E-state index >= 15 is 0 Å². The maximum absolute atomic E-state index is 12.8. The minimum absolute atomic E-state index is 0.0131. The lowest BCUT2D eigenvalue weighted by atomic mass is 10.0. The van der Waals surface area contributed by atoms with Crippen LogP contribution in [-0.4, -0.2) is 43.5 Å². The average Bonchev–Trinajstić information content (AvgIpc) is 2.37. The lowest BCUT2D eigenvalue weighted by molar-refractivity contribution is 0.0639. The summed E-state index contributed by atoms with van der Waals surface area (Å²) in [5.41, 5.74) is 0.529. The number of carbonyl (C=O) groups is 1. The van der Waals surface area contributed by atoms with Crippen molar-refractivity contribution in [1.82, 2.24) is 4.90 Å². The van der Waals surface area contributed by atoms with Gasteiger partial charge in [-0.3, -0.25) is 9.69 Å². The summed E-state index contributed by atoms with van der Waals surface area (Å²) >= 11 is 0. The summed E-state index contributed by atoms with van der Waals surface area (Å²) in [4.78, 5) is 14.1. The van der Waals surface area contributed by atoms with Gasteiger partial charge in [-0.15, -0.1) is 0 Å². The Kier molecular flexibility index (Phi) is 5.44. The molecule has 4 heteroatoms. The molecule has 0 bridgehead atoms. The van der Waals surface area contributed by atoms with E-state index in [0.717, 1.165) is 0 Å². The zero-order valence-corrected chi connectivity index (χ0v) is 11.3. The van der Waals surface area contributed by atoms with E-state index in [1.807, 2.05) is 25.8 Å². The molecule has 3 nitrogen and oxygen atoms in total. The van der Waals surface area contributed by atoms with Crippen LogP contribution in [0.15, 0.2) is 24.3 Å². The van der Waals surface area contributed by atoms with Crippen molar-refractivity contribution < 1.29 is 13.9 Å². The zero-order valence-electron chi connectivity index (χ0n) is 11.3. The van der Waals surface area contributed by atoms with E-state index in [1.54, 1.807) is 7.11 Å². The summed E-state index contributed by atoms with van der Waals surface area (Å²) in [5, 5.41) is 0. The molecule has 0 radical (unpaired) electrons. The van der Waals surface area contributed by atoms with E-state index in [-0.39, 0.29) is 23.7 Å². The Hall–Kier alpha value is -1.26. The topological polar surface area (TPSA) is 29.5 Å².